The van der Waals surface area contributed by atoms with Gasteiger partial charge in [-0.25, -0.2) is 9.31 Å². The van der Waals surface area contributed by atoms with Crippen molar-refractivity contribution in [3.05, 3.63) is 36.9 Å². The molecule has 0 bridgehead atoms. The number of aryl methyl sites for hydroxylation is 1. The Hall–Kier alpha value is -3.03. The first-order valence-electron chi connectivity index (χ1n) is 8.99. The molecule has 8 heteroatoms. The van der Waals surface area contributed by atoms with Crippen LogP contribution in [0, 0.1) is 0 Å². The van der Waals surface area contributed by atoms with Crippen LogP contribution in [0.5, 0.6) is 0 Å². The van der Waals surface area contributed by atoms with Gasteiger partial charge in [0.2, 0.25) is 0 Å². The molecule has 3 heterocycles. The highest BCUT2D eigenvalue weighted by molar-refractivity contribution is 5.74. The third-order valence-corrected chi connectivity index (χ3v) is 3.89. The van der Waals surface area contributed by atoms with Crippen LogP contribution in [0.3, 0.4) is 0 Å². The average molecular weight is 370 g/mol. The molecule has 0 saturated carbocycles. The van der Waals surface area contributed by atoms with Crippen LogP contribution >= 0.6 is 0 Å². The number of anilines is 1. The van der Waals surface area contributed by atoms with Gasteiger partial charge in [-0.3, -0.25) is 4.68 Å². The molecular weight excluding hydrogens is 344 g/mol. The predicted molar refractivity (Wildman–Crippen MR) is 105 cm³/mol. The van der Waals surface area contributed by atoms with Gasteiger partial charge in [-0.05, 0) is 33.3 Å². The molecule has 2 N–H and O–H groups in total. The van der Waals surface area contributed by atoms with Crippen LogP contribution in [-0.2, 0) is 11.8 Å². The van der Waals surface area contributed by atoms with Gasteiger partial charge in [0, 0.05) is 43.7 Å². The molecule has 0 saturated heterocycles. The lowest BCUT2D eigenvalue weighted by molar-refractivity contribution is 0.0528. The molecule has 144 valence electrons. The fraction of sp³-hybridized carbons (Fsp3) is 0.421. The number of aromatic nitrogens is 4. The summed E-state index contributed by atoms with van der Waals surface area (Å²) in [6, 6.07) is 4.10. The van der Waals surface area contributed by atoms with Crippen molar-refractivity contribution >= 4 is 17.3 Å². The molecule has 0 unspecified atom stereocenters. The second-order valence-corrected chi connectivity index (χ2v) is 7.42. The van der Waals surface area contributed by atoms with Gasteiger partial charge in [-0.15, -0.1) is 0 Å². The van der Waals surface area contributed by atoms with Crippen molar-refractivity contribution in [3.8, 4) is 11.1 Å². The highest BCUT2D eigenvalue weighted by atomic mass is 16.6. The third-order valence-electron chi connectivity index (χ3n) is 3.89. The molecular formula is C19H26N6O2. The van der Waals surface area contributed by atoms with E-state index in [1.54, 1.807) is 4.68 Å². The molecule has 0 aliphatic rings. The standard InChI is InChI=1S/C19H26N6O2/c1-19(2,3)27-18(26)21-9-5-8-20-16-11-23-25-13-14(6-7-17(16)25)15-10-22-24(4)12-15/h6-7,10-13,20H,5,8-9H2,1-4H3,(H,21,26). The fourth-order valence-electron chi connectivity index (χ4n) is 2.68. The van der Waals surface area contributed by atoms with Gasteiger partial charge in [0.15, 0.2) is 0 Å². The molecule has 0 aliphatic carbocycles. The Morgan fingerprint density at radius 1 is 1.11 bits per heavy atom. The molecule has 0 spiro atoms. The van der Waals surface area contributed by atoms with E-state index in [9.17, 15) is 4.79 Å². The van der Waals surface area contributed by atoms with Gasteiger partial charge < -0.3 is 15.4 Å². The molecule has 0 atom stereocenters. The van der Waals surface area contributed by atoms with Crippen molar-refractivity contribution in [1.29, 1.82) is 0 Å². The highest BCUT2D eigenvalue weighted by Crippen LogP contribution is 2.22. The van der Waals surface area contributed by atoms with Crippen LogP contribution in [0.4, 0.5) is 10.5 Å². The number of nitrogens with one attached hydrogen (secondary N) is 2. The number of carbonyl (C=O) groups excluding carboxylic acids is 1. The number of amides is 1. The van der Waals surface area contributed by atoms with E-state index in [0.717, 1.165) is 35.3 Å². The summed E-state index contributed by atoms with van der Waals surface area (Å²) < 4.78 is 8.84. The first-order valence-corrected chi connectivity index (χ1v) is 8.99. The number of pyridine rings is 1. The number of carbonyl (C=O) groups is 1. The van der Waals surface area contributed by atoms with E-state index in [-0.39, 0.29) is 6.09 Å². The third kappa shape index (κ3) is 4.99. The Balaban J connectivity index is 1.52. The summed E-state index contributed by atoms with van der Waals surface area (Å²) in [5.74, 6) is 0. The lowest BCUT2D eigenvalue weighted by Crippen LogP contribution is -2.33. The van der Waals surface area contributed by atoms with E-state index in [1.807, 2.05) is 63.2 Å². The van der Waals surface area contributed by atoms with Crippen molar-refractivity contribution < 1.29 is 9.53 Å². The number of rotatable bonds is 6. The summed E-state index contributed by atoms with van der Waals surface area (Å²) in [7, 11) is 1.90. The van der Waals surface area contributed by atoms with Crippen molar-refractivity contribution in [2.24, 2.45) is 7.05 Å². The Morgan fingerprint density at radius 2 is 1.93 bits per heavy atom. The molecule has 0 fully saturated rings. The van der Waals surface area contributed by atoms with E-state index in [1.165, 1.54) is 0 Å². The first kappa shape index (κ1) is 18.8. The fourth-order valence-corrected chi connectivity index (χ4v) is 2.68. The Labute approximate surface area is 158 Å². The molecule has 3 aromatic heterocycles. The normalized spacial score (nSPS) is 11.6. The van der Waals surface area contributed by atoms with Crippen LogP contribution < -0.4 is 10.6 Å². The Morgan fingerprint density at radius 3 is 2.63 bits per heavy atom. The first-order chi connectivity index (χ1) is 12.8. The van der Waals surface area contributed by atoms with Crippen molar-refractivity contribution in [3.63, 3.8) is 0 Å². The zero-order valence-corrected chi connectivity index (χ0v) is 16.2. The molecule has 3 aromatic rings. The summed E-state index contributed by atoms with van der Waals surface area (Å²) in [6.45, 7) is 6.81. The van der Waals surface area contributed by atoms with Gasteiger partial charge in [0.25, 0.3) is 0 Å². The Bertz CT molecular complexity index is 922. The smallest absolute Gasteiger partial charge is 0.407 e. The number of nitrogens with zero attached hydrogens (tertiary/aromatic N) is 4. The second-order valence-electron chi connectivity index (χ2n) is 7.42. The monoisotopic (exact) mass is 370 g/mol. The van der Waals surface area contributed by atoms with Gasteiger partial charge in [-0.2, -0.15) is 10.2 Å². The molecule has 0 radical (unpaired) electrons. The second kappa shape index (κ2) is 7.69. The summed E-state index contributed by atoms with van der Waals surface area (Å²) in [5, 5.41) is 14.7. The molecule has 0 aliphatic heterocycles. The van der Waals surface area contributed by atoms with E-state index in [4.69, 9.17) is 4.74 Å². The summed E-state index contributed by atoms with van der Waals surface area (Å²) in [6.07, 6.45) is 8.00. The number of ether oxygens (including phenoxy) is 1. The van der Waals surface area contributed by atoms with Gasteiger partial charge in [0.05, 0.1) is 23.6 Å². The van der Waals surface area contributed by atoms with Crippen LogP contribution in [0.25, 0.3) is 16.6 Å². The summed E-state index contributed by atoms with van der Waals surface area (Å²) in [5.41, 5.74) is 3.60. The number of hydrogen-bond acceptors (Lipinski definition) is 5. The lowest BCUT2D eigenvalue weighted by Gasteiger charge is -2.19. The minimum absolute atomic E-state index is 0.388. The zero-order valence-electron chi connectivity index (χ0n) is 16.2. The molecule has 8 nitrogen and oxygen atoms in total. The number of fused-ring (bicyclic) bond motifs is 1. The quantitative estimate of drug-likeness (QED) is 0.652. The van der Waals surface area contributed by atoms with Gasteiger partial charge in [0.1, 0.15) is 5.60 Å². The van der Waals surface area contributed by atoms with Gasteiger partial charge >= 0.3 is 6.09 Å². The molecule has 27 heavy (non-hydrogen) atoms. The van der Waals surface area contributed by atoms with Crippen LogP contribution in [-0.4, -0.2) is 44.2 Å². The largest absolute Gasteiger partial charge is 0.444 e. The van der Waals surface area contributed by atoms with Crippen molar-refractivity contribution in [1.82, 2.24) is 24.7 Å². The zero-order chi connectivity index (χ0) is 19.4. The number of alkyl carbamates (subject to hydrolysis) is 1. The topological polar surface area (TPSA) is 85.5 Å². The maximum Gasteiger partial charge on any atom is 0.407 e. The van der Waals surface area contributed by atoms with E-state index >= 15 is 0 Å². The van der Waals surface area contributed by atoms with Gasteiger partial charge in [-0.1, -0.05) is 6.07 Å². The maximum absolute atomic E-state index is 11.6. The van der Waals surface area contributed by atoms with Crippen LogP contribution in [0.2, 0.25) is 0 Å². The van der Waals surface area contributed by atoms with E-state index in [2.05, 4.69) is 26.9 Å². The molecule has 3 rings (SSSR count). The lowest BCUT2D eigenvalue weighted by atomic mass is 10.1. The molecule has 0 aromatic carbocycles. The summed E-state index contributed by atoms with van der Waals surface area (Å²) >= 11 is 0. The van der Waals surface area contributed by atoms with Crippen molar-refractivity contribution in [2.45, 2.75) is 32.8 Å². The minimum atomic E-state index is -0.478. The van der Waals surface area contributed by atoms with Crippen molar-refractivity contribution in [2.75, 3.05) is 18.4 Å². The maximum atomic E-state index is 11.6. The van der Waals surface area contributed by atoms with E-state index in [0.29, 0.717) is 6.54 Å². The van der Waals surface area contributed by atoms with Crippen LogP contribution in [0.1, 0.15) is 27.2 Å². The molecule has 1 amide bonds. The summed E-state index contributed by atoms with van der Waals surface area (Å²) in [4.78, 5) is 11.6. The minimum Gasteiger partial charge on any atom is -0.444 e. The predicted octanol–water partition coefficient (Wildman–Crippen LogP) is 3.06. The SMILES string of the molecule is Cn1cc(-c2ccc3c(NCCCNC(=O)OC(C)(C)C)cnn3c2)cn1. The Kier molecular flexibility index (Phi) is 5.34. The van der Waals surface area contributed by atoms with Crippen LogP contribution in [0.15, 0.2) is 36.9 Å². The highest BCUT2D eigenvalue weighted by Gasteiger charge is 2.15. The van der Waals surface area contributed by atoms with E-state index < -0.39 is 5.60 Å². The average Bonchev–Trinajstić information content (AvgIpc) is 3.19. The number of hydrogen-bond donors (Lipinski definition) is 2.